The second-order valence-electron chi connectivity index (χ2n) is 3.36. The van der Waals surface area contributed by atoms with E-state index >= 15 is 0 Å². The molecule has 0 aliphatic heterocycles. The first-order chi connectivity index (χ1) is 6.74. The van der Waals surface area contributed by atoms with Crippen LogP contribution in [-0.4, -0.2) is 39.7 Å². The molecule has 0 aliphatic carbocycles. The first-order valence-electron chi connectivity index (χ1n) is 4.82. The van der Waals surface area contributed by atoms with Gasteiger partial charge in [-0.25, -0.2) is 4.98 Å². The number of rotatable bonds is 6. The smallest absolute Gasteiger partial charge is 0.153 e. The molecule has 0 spiro atoms. The lowest BCUT2D eigenvalue weighted by Gasteiger charge is -2.01. The summed E-state index contributed by atoms with van der Waals surface area (Å²) in [5.41, 5.74) is 0. The van der Waals surface area contributed by atoms with E-state index in [1.54, 1.807) is 11.0 Å². The van der Waals surface area contributed by atoms with E-state index in [9.17, 15) is 0 Å². The highest BCUT2D eigenvalue weighted by Gasteiger charge is 2.04. The Morgan fingerprint density at radius 3 is 2.86 bits per heavy atom. The maximum atomic E-state index is 8.48. The normalized spacial score (nSPS) is 11.1. The highest BCUT2D eigenvalue weighted by Crippen LogP contribution is 2.06. The number of ether oxygens (including phenoxy) is 1. The molecule has 1 aromatic rings. The van der Waals surface area contributed by atoms with Gasteiger partial charge in [0.05, 0.1) is 26.4 Å². The molecule has 14 heavy (non-hydrogen) atoms. The molecule has 0 saturated heterocycles. The van der Waals surface area contributed by atoms with Crippen LogP contribution in [0.5, 0.6) is 0 Å². The molecule has 0 unspecified atom stereocenters. The van der Waals surface area contributed by atoms with Gasteiger partial charge in [0.1, 0.15) is 6.33 Å². The maximum Gasteiger partial charge on any atom is 0.153 e. The van der Waals surface area contributed by atoms with E-state index in [1.807, 2.05) is 0 Å². The predicted molar refractivity (Wildman–Crippen MR) is 52.0 cm³/mol. The summed E-state index contributed by atoms with van der Waals surface area (Å²) in [5, 5.41) is 12.8. The Morgan fingerprint density at radius 2 is 2.29 bits per heavy atom. The zero-order valence-corrected chi connectivity index (χ0v) is 8.68. The van der Waals surface area contributed by atoms with Crippen molar-refractivity contribution in [1.29, 1.82) is 0 Å². The Labute approximate surface area is 83.7 Å². The summed E-state index contributed by atoms with van der Waals surface area (Å²) in [5.74, 6) is 1.21. The van der Waals surface area contributed by atoms with Crippen LogP contribution in [0.2, 0.25) is 0 Å². The van der Waals surface area contributed by atoms with Gasteiger partial charge in [0.2, 0.25) is 0 Å². The third-order valence-corrected chi connectivity index (χ3v) is 1.77. The van der Waals surface area contributed by atoms with Gasteiger partial charge in [-0.15, -0.1) is 0 Å². The molecule has 0 amide bonds. The third-order valence-electron chi connectivity index (χ3n) is 1.77. The summed E-state index contributed by atoms with van der Waals surface area (Å²) in [6.07, 6.45) is 1.71. The van der Waals surface area contributed by atoms with Crippen molar-refractivity contribution in [3.05, 3.63) is 12.2 Å². The van der Waals surface area contributed by atoms with Crippen LogP contribution < -0.4 is 0 Å². The van der Waals surface area contributed by atoms with Gasteiger partial charge in [-0.2, -0.15) is 5.10 Å². The third kappa shape index (κ3) is 3.43. The molecule has 80 valence electrons. The fourth-order valence-corrected chi connectivity index (χ4v) is 1.01. The van der Waals surface area contributed by atoms with E-state index in [0.29, 0.717) is 25.7 Å². The van der Waals surface area contributed by atoms with Gasteiger partial charge in [-0.3, -0.25) is 4.68 Å². The van der Waals surface area contributed by atoms with Crippen LogP contribution in [0.1, 0.15) is 25.6 Å². The molecule has 1 aromatic heterocycles. The van der Waals surface area contributed by atoms with Crippen LogP contribution in [0.3, 0.4) is 0 Å². The summed E-state index contributed by atoms with van der Waals surface area (Å²) in [4.78, 5) is 4.16. The number of hydrogen-bond acceptors (Lipinski definition) is 4. The van der Waals surface area contributed by atoms with Gasteiger partial charge in [0, 0.05) is 5.92 Å². The van der Waals surface area contributed by atoms with E-state index in [-0.39, 0.29) is 6.61 Å². The molecule has 0 aromatic carbocycles. The molecule has 1 heterocycles. The lowest BCUT2D eigenvalue weighted by Crippen LogP contribution is -2.09. The minimum atomic E-state index is 0.0641. The molecule has 0 radical (unpaired) electrons. The van der Waals surface area contributed by atoms with Crippen molar-refractivity contribution in [2.75, 3.05) is 19.8 Å². The monoisotopic (exact) mass is 199 g/mol. The Balaban J connectivity index is 2.29. The molecule has 0 bridgehead atoms. The second-order valence-corrected chi connectivity index (χ2v) is 3.36. The Morgan fingerprint density at radius 1 is 1.50 bits per heavy atom. The summed E-state index contributed by atoms with van der Waals surface area (Å²) >= 11 is 0. The van der Waals surface area contributed by atoms with Gasteiger partial charge in [-0.05, 0) is 0 Å². The number of aliphatic hydroxyl groups excluding tert-OH is 1. The zero-order chi connectivity index (χ0) is 10.4. The SMILES string of the molecule is CC(C)c1ncn(CCOCCO)n1. The van der Waals surface area contributed by atoms with Gasteiger partial charge >= 0.3 is 0 Å². The molecular formula is C9H17N3O2. The molecule has 5 heteroatoms. The highest BCUT2D eigenvalue weighted by atomic mass is 16.5. The van der Waals surface area contributed by atoms with Gasteiger partial charge in [-0.1, -0.05) is 13.8 Å². The van der Waals surface area contributed by atoms with Crippen molar-refractivity contribution in [2.24, 2.45) is 0 Å². The average molecular weight is 199 g/mol. The van der Waals surface area contributed by atoms with Crippen LogP contribution in [-0.2, 0) is 11.3 Å². The maximum absolute atomic E-state index is 8.48. The summed E-state index contributed by atoms with van der Waals surface area (Å²) < 4.78 is 6.87. The lowest BCUT2D eigenvalue weighted by atomic mass is 10.2. The first-order valence-corrected chi connectivity index (χ1v) is 4.82. The number of nitrogens with zero attached hydrogens (tertiary/aromatic N) is 3. The molecule has 5 nitrogen and oxygen atoms in total. The molecule has 0 aliphatic rings. The number of aromatic nitrogens is 3. The Kier molecular flexibility index (Phi) is 4.55. The standard InChI is InChI=1S/C9H17N3O2/c1-8(2)9-10-7-12(11-9)3-5-14-6-4-13/h7-8,13H,3-6H2,1-2H3. The van der Waals surface area contributed by atoms with Gasteiger partial charge in [0.25, 0.3) is 0 Å². The molecule has 0 atom stereocenters. The summed E-state index contributed by atoms with van der Waals surface area (Å²) in [6.45, 7) is 5.80. The second kappa shape index (κ2) is 5.72. The predicted octanol–water partition coefficient (Wildman–Crippen LogP) is 0.410. The number of aliphatic hydroxyl groups is 1. The topological polar surface area (TPSA) is 60.2 Å². The fraction of sp³-hybridized carbons (Fsp3) is 0.778. The van der Waals surface area contributed by atoms with Crippen molar-refractivity contribution in [3.63, 3.8) is 0 Å². The van der Waals surface area contributed by atoms with Crippen LogP contribution >= 0.6 is 0 Å². The van der Waals surface area contributed by atoms with Crippen LogP contribution in [0.25, 0.3) is 0 Å². The van der Waals surface area contributed by atoms with Crippen molar-refractivity contribution >= 4 is 0 Å². The van der Waals surface area contributed by atoms with E-state index in [1.165, 1.54) is 0 Å². The molecule has 0 saturated carbocycles. The largest absolute Gasteiger partial charge is 0.394 e. The lowest BCUT2D eigenvalue weighted by molar-refractivity contribution is 0.0853. The molecular weight excluding hydrogens is 182 g/mol. The Bertz CT molecular complexity index is 260. The van der Waals surface area contributed by atoms with Crippen molar-refractivity contribution in [3.8, 4) is 0 Å². The van der Waals surface area contributed by atoms with Gasteiger partial charge < -0.3 is 9.84 Å². The Hall–Kier alpha value is -0.940. The highest BCUT2D eigenvalue weighted by molar-refractivity contribution is 4.88. The van der Waals surface area contributed by atoms with E-state index < -0.39 is 0 Å². The van der Waals surface area contributed by atoms with Crippen LogP contribution in [0, 0.1) is 0 Å². The van der Waals surface area contributed by atoms with E-state index in [4.69, 9.17) is 9.84 Å². The van der Waals surface area contributed by atoms with Crippen molar-refractivity contribution in [1.82, 2.24) is 14.8 Å². The number of hydrogen-bond donors (Lipinski definition) is 1. The fourth-order valence-electron chi connectivity index (χ4n) is 1.01. The molecule has 1 N–H and O–H groups in total. The van der Waals surface area contributed by atoms with Crippen molar-refractivity contribution in [2.45, 2.75) is 26.3 Å². The van der Waals surface area contributed by atoms with Crippen molar-refractivity contribution < 1.29 is 9.84 Å². The molecule has 0 fully saturated rings. The van der Waals surface area contributed by atoms with Gasteiger partial charge in [0.15, 0.2) is 5.82 Å². The zero-order valence-electron chi connectivity index (χ0n) is 8.68. The minimum Gasteiger partial charge on any atom is -0.394 e. The minimum absolute atomic E-state index is 0.0641. The molecule has 1 rings (SSSR count). The first kappa shape index (κ1) is 11.1. The average Bonchev–Trinajstić information content (AvgIpc) is 2.61. The van der Waals surface area contributed by atoms with Crippen LogP contribution in [0.4, 0.5) is 0 Å². The summed E-state index contributed by atoms with van der Waals surface area (Å²) in [7, 11) is 0. The van der Waals surface area contributed by atoms with E-state index in [0.717, 1.165) is 5.82 Å². The summed E-state index contributed by atoms with van der Waals surface area (Å²) in [6, 6.07) is 0. The quantitative estimate of drug-likeness (QED) is 0.674. The van der Waals surface area contributed by atoms with Crippen LogP contribution in [0.15, 0.2) is 6.33 Å². The van der Waals surface area contributed by atoms with E-state index in [2.05, 4.69) is 23.9 Å².